The first-order valence-corrected chi connectivity index (χ1v) is 8.83. The van der Waals surface area contributed by atoms with Crippen molar-refractivity contribution in [1.82, 2.24) is 0 Å². The van der Waals surface area contributed by atoms with Crippen LogP contribution in [0.3, 0.4) is 0 Å². The van der Waals surface area contributed by atoms with Gasteiger partial charge in [-0.2, -0.15) is 0 Å². The van der Waals surface area contributed by atoms with Crippen molar-refractivity contribution in [3.63, 3.8) is 0 Å². The lowest BCUT2D eigenvalue weighted by atomic mass is 10.1. The summed E-state index contributed by atoms with van der Waals surface area (Å²) in [5.41, 5.74) is 3.87. The lowest BCUT2D eigenvalue weighted by Crippen LogP contribution is -1.83. The van der Waals surface area contributed by atoms with Crippen LogP contribution in [-0.2, 0) is 6.42 Å². The van der Waals surface area contributed by atoms with Gasteiger partial charge in [-0.25, -0.2) is 0 Å². The molecule has 0 radical (unpaired) electrons. The van der Waals surface area contributed by atoms with Gasteiger partial charge < -0.3 is 9.52 Å². The smallest absolute Gasteiger partial charge is 0.147 e. The number of hydrogen-bond donors (Lipinski definition) is 1. The second kappa shape index (κ2) is 6.55. The minimum absolute atomic E-state index is 0.379. The molecule has 0 bridgehead atoms. The maximum Gasteiger partial charge on any atom is 0.147 e. The van der Waals surface area contributed by atoms with Crippen LogP contribution >= 0.6 is 11.8 Å². The summed E-state index contributed by atoms with van der Waals surface area (Å²) in [5, 5.41) is 11.0. The molecule has 0 spiro atoms. The Labute approximate surface area is 140 Å². The van der Waals surface area contributed by atoms with Crippen molar-refractivity contribution in [3.05, 3.63) is 64.9 Å². The van der Waals surface area contributed by atoms with E-state index in [1.165, 1.54) is 4.90 Å². The molecule has 0 aliphatic heterocycles. The van der Waals surface area contributed by atoms with E-state index in [4.69, 9.17) is 4.42 Å². The minimum atomic E-state index is 0.379. The molecular formula is C20H20O2S. The zero-order chi connectivity index (χ0) is 16.4. The number of rotatable bonds is 4. The number of thioether (sulfide) groups is 1. The number of aromatic hydroxyl groups is 1. The van der Waals surface area contributed by atoms with Crippen LogP contribution in [0.5, 0.6) is 5.75 Å². The SMILES string of the molecule is CSc1cccc2cc(C/C=C/c3cc(C)c(O)c(C)c3)oc12. The molecule has 1 N–H and O–H groups in total. The van der Waals surface area contributed by atoms with Gasteiger partial charge in [-0.1, -0.05) is 24.3 Å². The van der Waals surface area contributed by atoms with Gasteiger partial charge in [-0.15, -0.1) is 11.8 Å². The van der Waals surface area contributed by atoms with Crippen molar-refractivity contribution in [3.8, 4) is 5.75 Å². The summed E-state index contributed by atoms with van der Waals surface area (Å²) in [5.74, 6) is 1.34. The maximum absolute atomic E-state index is 9.82. The van der Waals surface area contributed by atoms with Crippen molar-refractivity contribution < 1.29 is 9.52 Å². The molecule has 0 saturated heterocycles. The van der Waals surface area contributed by atoms with E-state index >= 15 is 0 Å². The highest BCUT2D eigenvalue weighted by Crippen LogP contribution is 2.29. The number of furan rings is 1. The number of allylic oxidation sites excluding steroid dienone is 1. The molecule has 1 heterocycles. The van der Waals surface area contributed by atoms with Crippen molar-refractivity contribution in [2.45, 2.75) is 25.2 Å². The Morgan fingerprint density at radius 3 is 2.57 bits per heavy atom. The van der Waals surface area contributed by atoms with E-state index < -0.39 is 0 Å². The Balaban J connectivity index is 1.80. The van der Waals surface area contributed by atoms with Crippen LogP contribution in [-0.4, -0.2) is 11.4 Å². The van der Waals surface area contributed by atoms with Gasteiger partial charge in [0.2, 0.25) is 0 Å². The molecule has 118 valence electrons. The minimum Gasteiger partial charge on any atom is -0.507 e. The molecule has 1 aromatic heterocycles. The number of aryl methyl sites for hydroxylation is 2. The molecule has 0 aliphatic rings. The van der Waals surface area contributed by atoms with Gasteiger partial charge >= 0.3 is 0 Å². The molecular weight excluding hydrogens is 304 g/mol. The topological polar surface area (TPSA) is 33.4 Å². The number of para-hydroxylation sites is 1. The Hall–Kier alpha value is -2.13. The molecule has 0 amide bonds. The third kappa shape index (κ3) is 3.30. The molecule has 2 aromatic carbocycles. The monoisotopic (exact) mass is 324 g/mol. The van der Waals surface area contributed by atoms with Crippen LogP contribution in [0.4, 0.5) is 0 Å². The average Bonchev–Trinajstić information content (AvgIpc) is 2.95. The fourth-order valence-electron chi connectivity index (χ4n) is 2.75. The maximum atomic E-state index is 9.82. The van der Waals surface area contributed by atoms with Gasteiger partial charge in [0.15, 0.2) is 0 Å². The first-order valence-electron chi connectivity index (χ1n) is 7.60. The Bertz CT molecular complexity index is 851. The van der Waals surface area contributed by atoms with E-state index in [0.717, 1.165) is 39.8 Å². The van der Waals surface area contributed by atoms with Crippen LogP contribution in [0.25, 0.3) is 17.0 Å². The predicted octanol–water partition coefficient (Wildman–Crippen LogP) is 5.73. The van der Waals surface area contributed by atoms with Crippen molar-refractivity contribution in [2.75, 3.05) is 6.26 Å². The lowest BCUT2D eigenvalue weighted by Gasteiger charge is -2.04. The van der Waals surface area contributed by atoms with Gasteiger partial charge in [0, 0.05) is 11.8 Å². The first kappa shape index (κ1) is 15.8. The number of benzene rings is 2. The molecule has 0 saturated carbocycles. The molecule has 23 heavy (non-hydrogen) atoms. The molecule has 0 fully saturated rings. The molecule has 3 heteroatoms. The van der Waals surface area contributed by atoms with Crippen LogP contribution < -0.4 is 0 Å². The van der Waals surface area contributed by atoms with E-state index in [0.29, 0.717) is 5.75 Å². The highest BCUT2D eigenvalue weighted by Gasteiger charge is 2.06. The number of fused-ring (bicyclic) bond motifs is 1. The largest absolute Gasteiger partial charge is 0.507 e. The Morgan fingerprint density at radius 1 is 1.13 bits per heavy atom. The van der Waals surface area contributed by atoms with E-state index in [-0.39, 0.29) is 0 Å². The standard InChI is InChI=1S/C20H20O2S/c1-13-10-15(11-14(2)19(13)21)6-4-8-17-12-16-7-5-9-18(23-3)20(16)22-17/h4-7,9-12,21H,8H2,1-3H3/b6-4+. The molecule has 0 aliphatic carbocycles. The highest BCUT2D eigenvalue weighted by atomic mass is 32.2. The fourth-order valence-corrected chi connectivity index (χ4v) is 3.31. The third-order valence-corrected chi connectivity index (χ3v) is 4.68. The average molecular weight is 324 g/mol. The van der Waals surface area contributed by atoms with Crippen LogP contribution in [0, 0.1) is 13.8 Å². The zero-order valence-corrected chi connectivity index (χ0v) is 14.4. The van der Waals surface area contributed by atoms with Gasteiger partial charge in [-0.05, 0) is 61.1 Å². The molecule has 0 unspecified atom stereocenters. The van der Waals surface area contributed by atoms with Crippen LogP contribution in [0.15, 0.2) is 51.8 Å². The van der Waals surface area contributed by atoms with Gasteiger partial charge in [-0.3, -0.25) is 0 Å². The summed E-state index contributed by atoms with van der Waals surface area (Å²) < 4.78 is 5.98. The van der Waals surface area contributed by atoms with E-state index in [1.54, 1.807) is 11.8 Å². The quantitative estimate of drug-likeness (QED) is 0.622. The highest BCUT2D eigenvalue weighted by molar-refractivity contribution is 7.98. The summed E-state index contributed by atoms with van der Waals surface area (Å²) in [6.45, 7) is 3.84. The van der Waals surface area contributed by atoms with E-state index in [1.807, 2.05) is 26.0 Å². The van der Waals surface area contributed by atoms with Crippen LogP contribution in [0.2, 0.25) is 0 Å². The predicted molar refractivity (Wildman–Crippen MR) is 98.3 cm³/mol. The van der Waals surface area contributed by atoms with Gasteiger partial charge in [0.25, 0.3) is 0 Å². The zero-order valence-electron chi connectivity index (χ0n) is 13.6. The van der Waals surface area contributed by atoms with E-state index in [9.17, 15) is 5.11 Å². The van der Waals surface area contributed by atoms with Crippen molar-refractivity contribution in [1.29, 1.82) is 0 Å². The van der Waals surface area contributed by atoms with Gasteiger partial charge in [0.1, 0.15) is 17.1 Å². The molecule has 3 rings (SSSR count). The molecule has 0 atom stereocenters. The van der Waals surface area contributed by atoms with Crippen molar-refractivity contribution >= 4 is 28.8 Å². The molecule has 3 aromatic rings. The van der Waals surface area contributed by atoms with Crippen LogP contribution in [0.1, 0.15) is 22.5 Å². The lowest BCUT2D eigenvalue weighted by molar-refractivity contribution is 0.467. The third-order valence-electron chi connectivity index (χ3n) is 3.92. The second-order valence-electron chi connectivity index (χ2n) is 5.70. The number of phenolic OH excluding ortho intramolecular Hbond substituents is 1. The number of phenols is 1. The van der Waals surface area contributed by atoms with E-state index in [2.05, 4.69) is 42.7 Å². The van der Waals surface area contributed by atoms with Crippen molar-refractivity contribution in [2.24, 2.45) is 0 Å². The summed E-state index contributed by atoms with van der Waals surface area (Å²) in [6.07, 6.45) is 6.98. The molecule has 2 nitrogen and oxygen atoms in total. The summed E-state index contributed by atoms with van der Waals surface area (Å²) in [4.78, 5) is 1.17. The summed E-state index contributed by atoms with van der Waals surface area (Å²) in [7, 11) is 0. The summed E-state index contributed by atoms with van der Waals surface area (Å²) >= 11 is 1.70. The number of hydrogen-bond acceptors (Lipinski definition) is 3. The normalized spacial score (nSPS) is 11.6. The fraction of sp³-hybridized carbons (Fsp3) is 0.200. The van der Waals surface area contributed by atoms with Gasteiger partial charge in [0.05, 0.1) is 4.90 Å². The Kier molecular flexibility index (Phi) is 4.49. The first-order chi connectivity index (χ1) is 11.1. The Morgan fingerprint density at radius 2 is 1.87 bits per heavy atom. The summed E-state index contributed by atoms with van der Waals surface area (Å²) in [6, 6.07) is 12.3. The second-order valence-corrected chi connectivity index (χ2v) is 6.55.